The van der Waals surface area contributed by atoms with Gasteiger partial charge in [-0.05, 0) is 23.7 Å². The van der Waals surface area contributed by atoms with Crippen molar-refractivity contribution >= 4 is 45.2 Å². The largest absolute Gasteiger partial charge is 0.438 e. The Kier molecular flexibility index (Phi) is 3.40. The standard InChI is InChI=1S/C14H11NO2S2/c16-13-8-9-15(13)19-14(18)17-12-7-3-5-10-4-1-2-6-11(10)12/h1-7H,8-9H2. The van der Waals surface area contributed by atoms with Crippen molar-refractivity contribution < 1.29 is 9.53 Å². The summed E-state index contributed by atoms with van der Waals surface area (Å²) in [4.78, 5) is 11.2. The van der Waals surface area contributed by atoms with E-state index in [4.69, 9.17) is 17.0 Å². The lowest BCUT2D eigenvalue weighted by Gasteiger charge is -2.28. The number of hydrogen-bond donors (Lipinski definition) is 0. The summed E-state index contributed by atoms with van der Waals surface area (Å²) in [6, 6.07) is 13.8. The van der Waals surface area contributed by atoms with E-state index < -0.39 is 0 Å². The molecule has 5 heteroatoms. The van der Waals surface area contributed by atoms with Gasteiger partial charge in [0.05, 0.1) is 0 Å². The van der Waals surface area contributed by atoms with Gasteiger partial charge in [-0.3, -0.25) is 9.10 Å². The van der Waals surface area contributed by atoms with E-state index >= 15 is 0 Å². The normalized spacial score (nSPS) is 14.3. The van der Waals surface area contributed by atoms with Crippen molar-refractivity contribution in [2.24, 2.45) is 0 Å². The molecular weight excluding hydrogens is 278 g/mol. The van der Waals surface area contributed by atoms with Crippen LogP contribution in [0.5, 0.6) is 5.75 Å². The quantitative estimate of drug-likeness (QED) is 0.481. The molecule has 0 saturated carbocycles. The molecule has 19 heavy (non-hydrogen) atoms. The Hall–Kier alpha value is -1.59. The number of carbonyl (C=O) groups excluding carboxylic acids is 1. The van der Waals surface area contributed by atoms with Crippen molar-refractivity contribution in [3.63, 3.8) is 0 Å². The molecule has 0 aliphatic carbocycles. The topological polar surface area (TPSA) is 29.5 Å². The predicted molar refractivity (Wildman–Crippen MR) is 81.1 cm³/mol. The second-order valence-corrected chi connectivity index (χ2v) is 5.79. The maximum Gasteiger partial charge on any atom is 0.246 e. The Balaban J connectivity index is 1.77. The fourth-order valence-electron chi connectivity index (χ4n) is 1.87. The Morgan fingerprint density at radius 2 is 2.00 bits per heavy atom. The lowest BCUT2D eigenvalue weighted by Crippen LogP contribution is -2.38. The van der Waals surface area contributed by atoms with Gasteiger partial charge in [-0.2, -0.15) is 0 Å². The van der Waals surface area contributed by atoms with E-state index in [9.17, 15) is 4.79 Å². The zero-order valence-corrected chi connectivity index (χ0v) is 11.7. The maximum absolute atomic E-state index is 11.2. The lowest BCUT2D eigenvalue weighted by atomic mass is 10.1. The van der Waals surface area contributed by atoms with Crippen LogP contribution in [0.3, 0.4) is 0 Å². The molecule has 3 nitrogen and oxygen atoms in total. The summed E-state index contributed by atoms with van der Waals surface area (Å²) in [5, 5.41) is 2.12. The van der Waals surface area contributed by atoms with E-state index in [1.807, 2.05) is 42.5 Å². The molecule has 2 aromatic rings. The molecule has 0 spiro atoms. The third kappa shape index (κ3) is 2.57. The van der Waals surface area contributed by atoms with Gasteiger partial charge < -0.3 is 4.74 Å². The van der Waals surface area contributed by atoms with Crippen LogP contribution in [0.4, 0.5) is 0 Å². The highest BCUT2D eigenvalue weighted by Crippen LogP contribution is 2.28. The minimum Gasteiger partial charge on any atom is -0.438 e. The Morgan fingerprint density at radius 3 is 2.74 bits per heavy atom. The van der Waals surface area contributed by atoms with E-state index in [0.29, 0.717) is 10.8 Å². The van der Waals surface area contributed by atoms with E-state index in [1.165, 1.54) is 11.9 Å². The fraction of sp³-hybridized carbons (Fsp3) is 0.143. The molecule has 1 aliphatic rings. The summed E-state index contributed by atoms with van der Waals surface area (Å²) < 4.78 is 7.65. The van der Waals surface area contributed by atoms with E-state index in [0.717, 1.165) is 23.1 Å². The summed E-state index contributed by atoms with van der Waals surface area (Å²) in [7, 11) is 0. The van der Waals surface area contributed by atoms with Gasteiger partial charge in [-0.15, -0.1) is 0 Å². The molecule has 0 N–H and O–H groups in total. The molecule has 1 saturated heterocycles. The molecule has 0 unspecified atom stereocenters. The molecule has 3 rings (SSSR count). The number of thiocarbonyl (C=S) groups is 1. The number of hydrogen-bond acceptors (Lipinski definition) is 4. The SMILES string of the molecule is O=C1CCN1SC(=S)Oc1cccc2ccccc12. The van der Waals surface area contributed by atoms with Crippen LogP contribution in [-0.4, -0.2) is 21.1 Å². The van der Waals surface area contributed by atoms with Crippen molar-refractivity contribution in [2.45, 2.75) is 6.42 Å². The zero-order valence-electron chi connectivity index (χ0n) is 10.0. The van der Waals surface area contributed by atoms with Crippen LogP contribution in [0, 0.1) is 0 Å². The molecule has 1 heterocycles. The summed E-state index contributed by atoms with van der Waals surface area (Å²) in [5.74, 6) is 0.831. The molecule has 96 valence electrons. The van der Waals surface area contributed by atoms with Crippen LogP contribution in [0.2, 0.25) is 0 Å². The smallest absolute Gasteiger partial charge is 0.246 e. The van der Waals surface area contributed by atoms with Gasteiger partial charge in [0.15, 0.2) is 0 Å². The van der Waals surface area contributed by atoms with Gasteiger partial charge in [0.25, 0.3) is 0 Å². The number of β-lactam (4-membered cyclic amide) rings is 1. The van der Waals surface area contributed by atoms with Crippen LogP contribution in [0.15, 0.2) is 42.5 Å². The number of nitrogens with zero attached hydrogens (tertiary/aromatic N) is 1. The first-order chi connectivity index (χ1) is 9.24. The van der Waals surface area contributed by atoms with Gasteiger partial charge >= 0.3 is 0 Å². The molecule has 0 radical (unpaired) electrons. The van der Waals surface area contributed by atoms with Crippen LogP contribution in [0.1, 0.15) is 6.42 Å². The number of ether oxygens (including phenoxy) is 1. The van der Waals surface area contributed by atoms with Gasteiger partial charge in [0.2, 0.25) is 10.3 Å². The maximum atomic E-state index is 11.2. The summed E-state index contributed by atoms with van der Waals surface area (Å²) >= 11 is 6.37. The first-order valence-corrected chi connectivity index (χ1v) is 7.10. The monoisotopic (exact) mass is 289 g/mol. The van der Waals surface area contributed by atoms with Crippen molar-refractivity contribution in [1.29, 1.82) is 0 Å². The van der Waals surface area contributed by atoms with Gasteiger partial charge in [-0.25, -0.2) is 0 Å². The van der Waals surface area contributed by atoms with Crippen molar-refractivity contribution in [1.82, 2.24) is 4.31 Å². The second-order valence-electron chi connectivity index (χ2n) is 4.17. The van der Waals surface area contributed by atoms with Crippen LogP contribution in [0.25, 0.3) is 10.8 Å². The molecule has 0 bridgehead atoms. The molecule has 2 aromatic carbocycles. The van der Waals surface area contributed by atoms with Gasteiger partial charge in [0, 0.05) is 30.3 Å². The van der Waals surface area contributed by atoms with Crippen molar-refractivity contribution in [3.05, 3.63) is 42.5 Å². The lowest BCUT2D eigenvalue weighted by molar-refractivity contribution is -0.132. The highest BCUT2D eigenvalue weighted by atomic mass is 32.2. The zero-order chi connectivity index (χ0) is 13.2. The third-order valence-electron chi connectivity index (χ3n) is 2.93. The molecule has 1 aliphatic heterocycles. The molecule has 1 fully saturated rings. The van der Waals surface area contributed by atoms with Crippen molar-refractivity contribution in [2.75, 3.05) is 6.54 Å². The Bertz CT molecular complexity index is 651. The number of carbonyl (C=O) groups is 1. The predicted octanol–water partition coefficient (Wildman–Crippen LogP) is 3.38. The van der Waals surface area contributed by atoms with Crippen LogP contribution < -0.4 is 4.74 Å². The molecular formula is C14H11NO2S2. The summed E-state index contributed by atoms with van der Waals surface area (Å²) in [6.07, 6.45) is 0.601. The first-order valence-electron chi connectivity index (χ1n) is 5.92. The molecule has 0 aromatic heterocycles. The fourth-order valence-corrected chi connectivity index (χ4v) is 2.92. The number of rotatable bonds is 2. The molecule has 1 amide bonds. The van der Waals surface area contributed by atoms with E-state index in [1.54, 1.807) is 4.31 Å². The highest BCUT2D eigenvalue weighted by Gasteiger charge is 2.26. The molecule has 0 atom stereocenters. The van der Waals surface area contributed by atoms with E-state index in [-0.39, 0.29) is 5.91 Å². The number of amides is 1. The summed E-state index contributed by atoms with van der Waals surface area (Å²) in [5.41, 5.74) is 0. The Morgan fingerprint density at radius 1 is 1.21 bits per heavy atom. The average molecular weight is 289 g/mol. The second kappa shape index (κ2) is 5.19. The summed E-state index contributed by atoms with van der Waals surface area (Å²) in [6.45, 7) is 0.739. The van der Waals surface area contributed by atoms with Crippen LogP contribution in [-0.2, 0) is 4.79 Å². The highest BCUT2D eigenvalue weighted by molar-refractivity contribution is 8.21. The minimum absolute atomic E-state index is 0.105. The Labute approximate surface area is 120 Å². The van der Waals surface area contributed by atoms with Crippen molar-refractivity contribution in [3.8, 4) is 5.75 Å². The van der Waals surface area contributed by atoms with Gasteiger partial charge in [-0.1, -0.05) is 36.4 Å². The third-order valence-corrected chi connectivity index (χ3v) is 4.08. The average Bonchev–Trinajstić information content (AvgIpc) is 2.44. The number of fused-ring (bicyclic) bond motifs is 1. The minimum atomic E-state index is 0.105. The van der Waals surface area contributed by atoms with Crippen LogP contribution >= 0.6 is 24.2 Å². The number of benzene rings is 2. The van der Waals surface area contributed by atoms with E-state index in [2.05, 4.69) is 0 Å². The first kappa shape index (κ1) is 12.4. The van der Waals surface area contributed by atoms with Gasteiger partial charge in [0.1, 0.15) is 5.75 Å².